The Morgan fingerprint density at radius 1 is 0.909 bits per heavy atom. The molecule has 3 aromatic carbocycles. The lowest BCUT2D eigenvalue weighted by Gasteiger charge is -2.37. The van der Waals surface area contributed by atoms with E-state index in [0.29, 0.717) is 61.9 Å². The highest BCUT2D eigenvalue weighted by Crippen LogP contribution is 2.49. The van der Waals surface area contributed by atoms with Crippen LogP contribution < -0.4 is 4.90 Å². The molecule has 14 heteroatoms. The number of likely N-dealkylation sites (tertiary alicyclic amines) is 1. The molecule has 0 bridgehead atoms. The van der Waals surface area contributed by atoms with Crippen molar-refractivity contribution >= 4 is 18.1 Å². The first-order valence-electron chi connectivity index (χ1n) is 18.5. The topological polar surface area (TPSA) is 136 Å². The highest BCUT2D eigenvalue weighted by Gasteiger charge is 2.47. The highest BCUT2D eigenvalue weighted by molar-refractivity contribution is 5.81. The van der Waals surface area contributed by atoms with E-state index in [9.17, 15) is 9.59 Å². The van der Waals surface area contributed by atoms with Gasteiger partial charge in [0.25, 0.3) is 5.89 Å². The van der Waals surface area contributed by atoms with Gasteiger partial charge in [-0.25, -0.2) is 23.9 Å². The molecule has 8 rings (SSSR count). The van der Waals surface area contributed by atoms with E-state index in [1.54, 1.807) is 34.3 Å². The smallest absolute Gasteiger partial charge is 0.410 e. The minimum absolute atomic E-state index is 0.0431. The first kappa shape index (κ1) is 36.1. The summed E-state index contributed by atoms with van der Waals surface area (Å²) >= 11 is 0. The van der Waals surface area contributed by atoms with Gasteiger partial charge < -0.3 is 28.5 Å². The van der Waals surface area contributed by atoms with Gasteiger partial charge in [-0.05, 0) is 60.6 Å². The Kier molecular flexibility index (Phi) is 10.1. The van der Waals surface area contributed by atoms with E-state index in [-0.39, 0.29) is 36.6 Å². The van der Waals surface area contributed by atoms with Gasteiger partial charge in [-0.1, -0.05) is 71.9 Å². The predicted molar refractivity (Wildman–Crippen MR) is 199 cm³/mol. The molecule has 0 unspecified atom stereocenters. The second-order valence-electron chi connectivity index (χ2n) is 14.3. The van der Waals surface area contributed by atoms with Crippen LogP contribution in [0.1, 0.15) is 61.2 Å². The number of rotatable bonds is 9. The molecular formula is C41H42FN7O6. The number of methoxy groups -OCH3 is 1. The van der Waals surface area contributed by atoms with E-state index < -0.39 is 24.1 Å². The number of carbonyl (C=O) groups is 2. The van der Waals surface area contributed by atoms with Crippen molar-refractivity contribution in [1.29, 1.82) is 0 Å². The standard InChI is InChI=1S/C41H42FN7O6/c1-25(2)54-40(50)47-18-16-27(17-19-47)53-24-36-45-38(55-46-36)26-20-43-39(44-21-26)48-22-33(30-12-8-9-15-34(30)42)35(23-48)49(41(51)52-3)37-31-13-6-4-10-28(31)29-11-5-7-14-32(29)37/h4-15,20-21,25,27,33,35,37H,16-19,22-24H2,1-3H3/t33-,35+/m1/s1. The number of halogens is 1. The number of hydrogen-bond acceptors (Lipinski definition) is 11. The normalized spacial score (nSPS) is 18.3. The van der Waals surface area contributed by atoms with Gasteiger partial charge in [-0.2, -0.15) is 4.98 Å². The number of carbonyl (C=O) groups excluding carboxylic acids is 2. The molecule has 2 saturated heterocycles. The number of fused-ring (bicyclic) bond motifs is 3. The largest absolute Gasteiger partial charge is 0.453 e. The van der Waals surface area contributed by atoms with Gasteiger partial charge in [-0.15, -0.1) is 0 Å². The van der Waals surface area contributed by atoms with Crippen molar-refractivity contribution in [3.8, 4) is 22.6 Å². The monoisotopic (exact) mass is 747 g/mol. The van der Waals surface area contributed by atoms with Crippen LogP contribution in [-0.2, 0) is 20.8 Å². The molecule has 2 atom stereocenters. The first-order chi connectivity index (χ1) is 26.8. The second-order valence-corrected chi connectivity index (χ2v) is 14.3. The van der Waals surface area contributed by atoms with Crippen LogP contribution in [0.25, 0.3) is 22.6 Å². The molecule has 2 fully saturated rings. The van der Waals surface area contributed by atoms with Crippen LogP contribution in [0.3, 0.4) is 0 Å². The lowest BCUT2D eigenvalue weighted by atomic mass is 9.90. The third kappa shape index (κ3) is 7.21. The third-order valence-corrected chi connectivity index (χ3v) is 10.5. The highest BCUT2D eigenvalue weighted by atomic mass is 19.1. The number of benzene rings is 3. The van der Waals surface area contributed by atoms with Gasteiger partial charge in [0.2, 0.25) is 5.95 Å². The summed E-state index contributed by atoms with van der Waals surface area (Å²) in [4.78, 5) is 45.4. The van der Waals surface area contributed by atoms with Crippen LogP contribution >= 0.6 is 0 Å². The van der Waals surface area contributed by atoms with Gasteiger partial charge in [0.05, 0.1) is 37.0 Å². The van der Waals surface area contributed by atoms with Crippen molar-refractivity contribution in [3.63, 3.8) is 0 Å². The number of hydrogen-bond donors (Lipinski definition) is 0. The van der Waals surface area contributed by atoms with E-state index in [1.165, 1.54) is 13.2 Å². The minimum Gasteiger partial charge on any atom is -0.453 e. The summed E-state index contributed by atoms with van der Waals surface area (Å²) < 4.78 is 37.9. The first-order valence-corrected chi connectivity index (χ1v) is 18.5. The maximum Gasteiger partial charge on any atom is 0.410 e. The van der Waals surface area contributed by atoms with Crippen LogP contribution in [0.2, 0.25) is 0 Å². The Balaban J connectivity index is 0.999. The maximum absolute atomic E-state index is 15.6. The van der Waals surface area contributed by atoms with Gasteiger partial charge in [0.1, 0.15) is 12.4 Å². The van der Waals surface area contributed by atoms with Crippen LogP contribution in [0, 0.1) is 5.82 Å². The molecule has 13 nitrogen and oxygen atoms in total. The van der Waals surface area contributed by atoms with Crippen LogP contribution in [0.5, 0.6) is 0 Å². The fraction of sp³-hybridized carbons (Fsp3) is 0.366. The van der Waals surface area contributed by atoms with E-state index in [4.69, 9.17) is 18.7 Å². The van der Waals surface area contributed by atoms with Crippen molar-refractivity contribution in [2.24, 2.45) is 0 Å². The molecular weight excluding hydrogens is 705 g/mol. The molecule has 2 amide bonds. The molecule has 2 aliphatic heterocycles. The zero-order valence-electron chi connectivity index (χ0n) is 30.9. The molecule has 3 aliphatic rings. The Morgan fingerprint density at radius 3 is 2.18 bits per heavy atom. The zero-order chi connectivity index (χ0) is 38.1. The summed E-state index contributed by atoms with van der Waals surface area (Å²) in [6.45, 7) is 5.61. The minimum atomic E-state index is -0.506. The Labute approximate surface area is 318 Å². The molecule has 284 valence electrons. The summed E-state index contributed by atoms with van der Waals surface area (Å²) in [6.07, 6.45) is 3.57. The van der Waals surface area contributed by atoms with Gasteiger partial charge in [0.15, 0.2) is 5.82 Å². The number of piperidine rings is 1. The lowest BCUT2D eigenvalue weighted by molar-refractivity contribution is -0.00900. The maximum atomic E-state index is 15.6. The third-order valence-electron chi connectivity index (χ3n) is 10.5. The average molecular weight is 748 g/mol. The molecule has 0 spiro atoms. The van der Waals surface area contributed by atoms with Crippen LogP contribution in [-0.4, -0.2) is 93.6 Å². The van der Waals surface area contributed by atoms with Crippen molar-refractivity contribution in [2.45, 2.75) is 63.5 Å². The number of nitrogens with zero attached hydrogens (tertiary/aromatic N) is 7. The van der Waals surface area contributed by atoms with Crippen LogP contribution in [0.4, 0.5) is 19.9 Å². The van der Waals surface area contributed by atoms with Gasteiger partial charge in [0, 0.05) is 44.5 Å². The Bertz CT molecular complexity index is 2110. The number of amides is 2. The number of anilines is 1. The Morgan fingerprint density at radius 2 is 1.55 bits per heavy atom. The molecule has 55 heavy (non-hydrogen) atoms. The average Bonchev–Trinajstić information content (AvgIpc) is 3.95. The summed E-state index contributed by atoms with van der Waals surface area (Å²) in [7, 11) is 1.38. The van der Waals surface area contributed by atoms with Gasteiger partial charge >= 0.3 is 12.2 Å². The molecule has 1 aliphatic carbocycles. The zero-order valence-corrected chi connectivity index (χ0v) is 30.9. The SMILES string of the molecule is COC(=O)N(C1c2ccccc2-c2ccccc21)[C@H]1CN(c2ncc(-c3nc(COC4CCN(C(=O)OC(C)C)CC4)no3)cn2)C[C@@H]1c1ccccc1F. The fourth-order valence-corrected chi connectivity index (χ4v) is 7.98. The van der Waals surface area contributed by atoms with E-state index in [0.717, 1.165) is 22.3 Å². The predicted octanol–water partition coefficient (Wildman–Crippen LogP) is 7.00. The van der Waals surface area contributed by atoms with Crippen molar-refractivity contribution < 1.29 is 32.7 Å². The molecule has 2 aromatic heterocycles. The van der Waals surface area contributed by atoms with E-state index in [2.05, 4.69) is 32.2 Å². The molecule has 0 saturated carbocycles. The quantitative estimate of drug-likeness (QED) is 0.154. The molecule has 0 radical (unpaired) electrons. The Hall–Kier alpha value is -5.89. The summed E-state index contributed by atoms with van der Waals surface area (Å²) in [5, 5.41) is 4.08. The summed E-state index contributed by atoms with van der Waals surface area (Å²) in [5.41, 5.74) is 5.10. The molecule has 0 N–H and O–H groups in total. The van der Waals surface area contributed by atoms with Crippen molar-refractivity contribution in [1.82, 2.24) is 29.9 Å². The lowest BCUT2D eigenvalue weighted by Crippen LogP contribution is -2.46. The number of aromatic nitrogens is 4. The second kappa shape index (κ2) is 15.5. The summed E-state index contributed by atoms with van der Waals surface area (Å²) in [6, 6.07) is 21.9. The fourth-order valence-electron chi connectivity index (χ4n) is 7.98. The van der Waals surface area contributed by atoms with Crippen LogP contribution in [0.15, 0.2) is 89.7 Å². The van der Waals surface area contributed by atoms with Crippen molar-refractivity contribution in [3.05, 3.63) is 114 Å². The van der Waals surface area contributed by atoms with Gasteiger partial charge in [-0.3, -0.25) is 4.90 Å². The van der Waals surface area contributed by atoms with Crippen molar-refractivity contribution in [2.75, 3.05) is 38.2 Å². The van der Waals surface area contributed by atoms with E-state index >= 15 is 4.39 Å². The summed E-state index contributed by atoms with van der Waals surface area (Å²) in [5.74, 6) is 0.268. The molecule has 5 aromatic rings. The molecule has 4 heterocycles. The number of ether oxygens (including phenoxy) is 3. The van der Waals surface area contributed by atoms with E-state index in [1.807, 2.05) is 61.2 Å².